The molecule has 15 heavy (non-hydrogen) atoms. The molecule has 0 spiro atoms. The van der Waals surface area contributed by atoms with E-state index in [1.807, 2.05) is 54.6 Å². The molecule has 0 aliphatic carbocycles. The van der Waals surface area contributed by atoms with Crippen LogP contribution in [0, 0.1) is 12.1 Å². The van der Waals surface area contributed by atoms with Crippen molar-refractivity contribution in [2.75, 3.05) is 0 Å². The minimum absolute atomic E-state index is 0. The Kier molecular flexibility index (Phi) is 17.2. The molecule has 0 nitrogen and oxygen atoms in total. The Morgan fingerprint density at radius 3 is 1.47 bits per heavy atom. The summed E-state index contributed by atoms with van der Waals surface area (Å²) in [4.78, 5) is 0. The summed E-state index contributed by atoms with van der Waals surface area (Å²) in [6, 6.07) is 23.0. The van der Waals surface area contributed by atoms with E-state index in [-0.39, 0.29) is 87.8 Å². The number of rotatable bonds is 0. The van der Waals surface area contributed by atoms with Crippen LogP contribution in [-0.4, -0.2) is 0 Å². The molecule has 0 aromatic heterocycles. The summed E-state index contributed by atoms with van der Waals surface area (Å²) < 4.78 is 1.10. The maximum Gasteiger partial charge on any atom is 1.00 e. The van der Waals surface area contributed by atoms with E-state index in [0.717, 1.165) is 4.47 Å². The van der Waals surface area contributed by atoms with Gasteiger partial charge in [-0.3, -0.25) is 0 Å². The molecule has 0 bridgehead atoms. The summed E-state index contributed by atoms with van der Waals surface area (Å²) >= 11 is 3.29. The number of hydrogen-bond acceptors (Lipinski definition) is 0. The molecule has 0 radical (unpaired) electrons. The van der Waals surface area contributed by atoms with Crippen molar-refractivity contribution in [3.8, 4) is 0 Å². The van der Waals surface area contributed by atoms with Gasteiger partial charge in [-0.1, -0.05) is 20.4 Å². The van der Waals surface area contributed by atoms with Crippen molar-refractivity contribution >= 4 is 15.9 Å². The van der Waals surface area contributed by atoms with Crippen molar-refractivity contribution in [3.05, 3.63) is 71.2 Å². The predicted octanol–water partition coefficient (Wildman–Crippen LogP) is -2.26. The molecule has 3 heteroatoms. The standard InChI is InChI=1S/C6H4Br.C6H5.Cs.Li/c7-6-4-2-1-3-5-6;1-2-4-6-5-3-1;;/h2-5H;1-5H;;/q2*-1;2*+1. The Balaban J connectivity index is 0. The second-order valence-corrected chi connectivity index (χ2v) is 3.21. The van der Waals surface area contributed by atoms with Crippen LogP contribution in [0.2, 0.25) is 0 Å². The van der Waals surface area contributed by atoms with Crippen molar-refractivity contribution in [2.24, 2.45) is 0 Å². The van der Waals surface area contributed by atoms with Crippen LogP contribution >= 0.6 is 15.9 Å². The molecule has 2 aromatic carbocycles. The van der Waals surface area contributed by atoms with Crippen LogP contribution in [0.25, 0.3) is 0 Å². The fourth-order valence-electron chi connectivity index (χ4n) is 0.708. The minimum Gasteiger partial charge on any atom is -0.184 e. The van der Waals surface area contributed by atoms with E-state index in [9.17, 15) is 0 Å². The Morgan fingerprint density at radius 1 is 0.800 bits per heavy atom. The first-order valence-corrected chi connectivity index (χ1v) is 4.71. The molecule has 0 aliphatic heterocycles. The molecule has 66 valence electrons. The average Bonchev–Trinajstić information content (AvgIpc) is 2.22. The zero-order chi connectivity index (χ0) is 9.36. The van der Waals surface area contributed by atoms with Gasteiger partial charge in [-0.15, -0.1) is 0 Å². The molecule has 0 unspecified atom stereocenters. The summed E-state index contributed by atoms with van der Waals surface area (Å²) in [5, 5.41) is 0. The normalized spacial score (nSPS) is 7.27. The van der Waals surface area contributed by atoms with Gasteiger partial charge in [0.15, 0.2) is 0 Å². The molecule has 0 N–H and O–H groups in total. The number of halogens is 1. The van der Waals surface area contributed by atoms with Crippen LogP contribution in [-0.2, 0) is 0 Å². The van der Waals surface area contributed by atoms with Gasteiger partial charge in [0.2, 0.25) is 0 Å². The Hall–Kier alpha value is 1.57. The molecular weight excluding hydrogens is 364 g/mol. The molecule has 0 aliphatic rings. The van der Waals surface area contributed by atoms with Gasteiger partial charge >= 0.3 is 87.8 Å². The summed E-state index contributed by atoms with van der Waals surface area (Å²) in [6.45, 7) is 0. The van der Waals surface area contributed by atoms with E-state index >= 15 is 0 Å². The van der Waals surface area contributed by atoms with Crippen LogP contribution in [0.1, 0.15) is 0 Å². The maximum absolute atomic E-state index is 3.29. The predicted molar refractivity (Wildman–Crippen MR) is 58.3 cm³/mol. The number of benzene rings is 2. The first-order chi connectivity index (χ1) is 6.39. The van der Waals surface area contributed by atoms with E-state index in [4.69, 9.17) is 0 Å². The number of hydrogen-bond donors (Lipinski definition) is 0. The van der Waals surface area contributed by atoms with Gasteiger partial charge < -0.3 is 0 Å². The summed E-state index contributed by atoms with van der Waals surface area (Å²) in [5.74, 6) is 0. The Morgan fingerprint density at radius 2 is 1.27 bits per heavy atom. The molecular formula is C12H9BrCsLi. The van der Waals surface area contributed by atoms with Crippen molar-refractivity contribution in [1.82, 2.24) is 0 Å². The third-order valence-corrected chi connectivity index (χ3v) is 1.81. The van der Waals surface area contributed by atoms with Gasteiger partial charge in [0.25, 0.3) is 0 Å². The fraction of sp³-hybridized carbons (Fsp3) is 0. The molecule has 2 aromatic rings. The van der Waals surface area contributed by atoms with E-state index < -0.39 is 0 Å². The zero-order valence-electron chi connectivity index (χ0n) is 9.07. The van der Waals surface area contributed by atoms with Gasteiger partial charge in [-0.25, -0.2) is 0 Å². The maximum atomic E-state index is 3.29. The molecule has 0 saturated carbocycles. The van der Waals surface area contributed by atoms with Crippen molar-refractivity contribution in [2.45, 2.75) is 0 Å². The average molecular weight is 373 g/mol. The molecule has 2 rings (SSSR count). The fourth-order valence-corrected chi connectivity index (χ4v) is 0.973. The summed E-state index contributed by atoms with van der Waals surface area (Å²) in [7, 11) is 0. The monoisotopic (exact) mass is 372 g/mol. The second kappa shape index (κ2) is 13.6. The van der Waals surface area contributed by atoms with Gasteiger partial charge in [0.05, 0.1) is 0 Å². The first kappa shape index (κ1) is 18.9. The second-order valence-electron chi connectivity index (χ2n) is 2.30. The van der Waals surface area contributed by atoms with Crippen LogP contribution in [0.3, 0.4) is 0 Å². The van der Waals surface area contributed by atoms with E-state index in [1.165, 1.54) is 0 Å². The van der Waals surface area contributed by atoms with E-state index in [1.54, 1.807) is 0 Å². The zero-order valence-corrected chi connectivity index (χ0v) is 16.9. The Bertz CT molecular complexity index is 286. The van der Waals surface area contributed by atoms with E-state index in [2.05, 4.69) is 28.1 Å². The quantitative estimate of drug-likeness (QED) is 0.362. The largest absolute Gasteiger partial charge is 1.00 e. The van der Waals surface area contributed by atoms with Gasteiger partial charge in [0, 0.05) is 0 Å². The topological polar surface area (TPSA) is 0 Å². The smallest absolute Gasteiger partial charge is 0.184 e. The first-order valence-electron chi connectivity index (χ1n) is 3.92. The van der Waals surface area contributed by atoms with Crippen molar-refractivity contribution in [1.29, 1.82) is 0 Å². The van der Waals surface area contributed by atoms with Crippen LogP contribution in [0.4, 0.5) is 0 Å². The third kappa shape index (κ3) is 11.8. The van der Waals surface area contributed by atoms with Crippen LogP contribution < -0.4 is 87.8 Å². The Labute approximate surface area is 171 Å². The summed E-state index contributed by atoms with van der Waals surface area (Å²) in [5.41, 5.74) is 0. The van der Waals surface area contributed by atoms with Crippen LogP contribution in [0.5, 0.6) is 0 Å². The molecule has 0 saturated heterocycles. The SMILES string of the molecule is Brc1cc[c-]cc1.[Cs+].[Li+].[c-]1ccccc1. The summed E-state index contributed by atoms with van der Waals surface area (Å²) in [6.07, 6.45) is 0. The van der Waals surface area contributed by atoms with Gasteiger partial charge in [-0.2, -0.15) is 66.7 Å². The van der Waals surface area contributed by atoms with Gasteiger partial charge in [0.1, 0.15) is 0 Å². The molecule has 0 amide bonds. The van der Waals surface area contributed by atoms with Gasteiger partial charge in [-0.05, 0) is 0 Å². The van der Waals surface area contributed by atoms with Crippen molar-refractivity contribution < 1.29 is 87.8 Å². The minimum atomic E-state index is 0. The third-order valence-electron chi connectivity index (χ3n) is 1.28. The van der Waals surface area contributed by atoms with Crippen LogP contribution in [0.15, 0.2) is 59.1 Å². The molecule has 0 fully saturated rings. The van der Waals surface area contributed by atoms with Crippen molar-refractivity contribution in [3.63, 3.8) is 0 Å². The molecule has 0 atom stereocenters. The van der Waals surface area contributed by atoms with E-state index in [0.29, 0.717) is 0 Å². The molecule has 0 heterocycles.